The second kappa shape index (κ2) is 5.65. The Kier molecular flexibility index (Phi) is 3.86. The Bertz CT molecular complexity index is 821. The number of halogens is 2. The minimum absolute atomic E-state index is 0.275. The number of ether oxygens (including phenoxy) is 1. The van der Waals surface area contributed by atoms with Gasteiger partial charge in [0.2, 0.25) is 11.8 Å². The van der Waals surface area contributed by atoms with Crippen molar-refractivity contribution >= 4 is 50.7 Å². The Morgan fingerprint density at radius 3 is 2.86 bits per heavy atom. The molecule has 0 saturated heterocycles. The molecule has 2 heterocycles. The van der Waals surface area contributed by atoms with Gasteiger partial charge in [-0.3, -0.25) is 5.43 Å². The largest absolute Gasteiger partial charge is 0.437 e. The number of hydrazine groups is 1. The maximum absolute atomic E-state index is 6.14. The Morgan fingerprint density at radius 1 is 1.29 bits per heavy atom. The van der Waals surface area contributed by atoms with Crippen molar-refractivity contribution in [1.29, 1.82) is 0 Å². The van der Waals surface area contributed by atoms with E-state index in [1.807, 2.05) is 13.0 Å². The summed E-state index contributed by atoms with van der Waals surface area (Å²) in [5.74, 6) is 6.47. The van der Waals surface area contributed by atoms with Crippen molar-refractivity contribution in [2.24, 2.45) is 5.84 Å². The summed E-state index contributed by atoms with van der Waals surface area (Å²) in [6.45, 7) is 1.98. The molecule has 5 nitrogen and oxygen atoms in total. The lowest BCUT2D eigenvalue weighted by Gasteiger charge is -2.09. The van der Waals surface area contributed by atoms with Crippen molar-refractivity contribution in [2.75, 3.05) is 5.43 Å². The first-order chi connectivity index (χ1) is 10.1. The van der Waals surface area contributed by atoms with Crippen LogP contribution >= 0.6 is 34.5 Å². The zero-order valence-corrected chi connectivity index (χ0v) is 13.2. The van der Waals surface area contributed by atoms with Crippen LogP contribution in [0, 0.1) is 6.92 Å². The van der Waals surface area contributed by atoms with Crippen LogP contribution < -0.4 is 16.0 Å². The first-order valence-electron chi connectivity index (χ1n) is 5.95. The van der Waals surface area contributed by atoms with Crippen LogP contribution in [0.25, 0.3) is 10.2 Å². The van der Waals surface area contributed by atoms with Crippen LogP contribution in [0.4, 0.5) is 5.95 Å². The summed E-state index contributed by atoms with van der Waals surface area (Å²) < 4.78 is 5.80. The van der Waals surface area contributed by atoms with Gasteiger partial charge in [0.25, 0.3) is 0 Å². The van der Waals surface area contributed by atoms with Crippen molar-refractivity contribution in [3.8, 4) is 11.6 Å². The molecule has 0 bridgehead atoms. The highest BCUT2D eigenvalue weighted by atomic mass is 35.5. The fourth-order valence-electron chi connectivity index (χ4n) is 1.83. The first-order valence-corrected chi connectivity index (χ1v) is 7.52. The maximum Gasteiger partial charge on any atom is 0.241 e. The van der Waals surface area contributed by atoms with Crippen LogP contribution in [0.5, 0.6) is 11.6 Å². The Balaban J connectivity index is 2.12. The van der Waals surface area contributed by atoms with Crippen molar-refractivity contribution in [3.05, 3.63) is 39.2 Å². The molecule has 3 N–H and O–H groups in total. The molecule has 0 atom stereocenters. The summed E-state index contributed by atoms with van der Waals surface area (Å²) in [6, 6.07) is 7.11. The van der Waals surface area contributed by atoms with E-state index in [9.17, 15) is 0 Å². The Labute approximate surface area is 134 Å². The van der Waals surface area contributed by atoms with Gasteiger partial charge in [-0.2, -0.15) is 4.98 Å². The summed E-state index contributed by atoms with van der Waals surface area (Å²) in [5.41, 5.74) is 2.43. The van der Waals surface area contributed by atoms with Crippen LogP contribution in [0.1, 0.15) is 4.88 Å². The third kappa shape index (κ3) is 2.75. The normalized spacial score (nSPS) is 10.9. The molecule has 21 heavy (non-hydrogen) atoms. The van der Waals surface area contributed by atoms with Gasteiger partial charge in [0.1, 0.15) is 15.6 Å². The average molecular weight is 341 g/mol. The van der Waals surface area contributed by atoms with E-state index in [-0.39, 0.29) is 5.95 Å². The van der Waals surface area contributed by atoms with Gasteiger partial charge in [0.05, 0.1) is 10.4 Å². The van der Waals surface area contributed by atoms with Crippen molar-refractivity contribution in [2.45, 2.75) is 6.92 Å². The minimum Gasteiger partial charge on any atom is -0.437 e. The summed E-state index contributed by atoms with van der Waals surface area (Å²) in [7, 11) is 0. The molecular formula is C13H10Cl2N4OS. The molecule has 1 aromatic carbocycles. The molecule has 0 aliphatic rings. The fraction of sp³-hybridized carbons (Fsp3) is 0.0769. The number of benzene rings is 1. The van der Waals surface area contributed by atoms with E-state index in [1.165, 1.54) is 11.3 Å². The quantitative estimate of drug-likeness (QED) is 0.546. The minimum atomic E-state index is 0.275. The molecular weight excluding hydrogens is 331 g/mol. The van der Waals surface area contributed by atoms with Crippen LogP contribution in [0.15, 0.2) is 24.3 Å². The molecule has 0 unspecified atom stereocenters. The van der Waals surface area contributed by atoms with Crippen molar-refractivity contribution in [3.63, 3.8) is 0 Å². The Morgan fingerprint density at radius 2 is 2.10 bits per heavy atom. The number of nitrogens with two attached hydrogens (primary N) is 1. The lowest BCUT2D eigenvalue weighted by molar-refractivity contribution is 0.469. The van der Waals surface area contributed by atoms with Crippen LogP contribution in [-0.4, -0.2) is 9.97 Å². The summed E-state index contributed by atoms with van der Waals surface area (Å²) in [5, 5.41) is 1.55. The first kappa shape index (κ1) is 14.3. The summed E-state index contributed by atoms with van der Waals surface area (Å²) in [6.07, 6.45) is 0. The number of anilines is 1. The van der Waals surface area contributed by atoms with E-state index in [4.69, 9.17) is 33.8 Å². The second-order valence-electron chi connectivity index (χ2n) is 4.23. The lowest BCUT2D eigenvalue weighted by Crippen LogP contribution is -2.10. The summed E-state index contributed by atoms with van der Waals surface area (Å²) >= 11 is 13.6. The lowest BCUT2D eigenvalue weighted by atomic mass is 10.3. The molecule has 0 amide bonds. The molecule has 0 radical (unpaired) electrons. The molecule has 3 aromatic rings. The number of rotatable bonds is 3. The number of nitrogen functional groups attached to an aromatic ring is 1. The van der Waals surface area contributed by atoms with Gasteiger partial charge in [0, 0.05) is 4.88 Å². The number of nitrogens with one attached hydrogen (secondary N) is 1. The molecule has 3 rings (SSSR count). The SMILES string of the molecule is Cc1cc2c(Oc3cccc(Cl)c3Cl)nc(NN)nc2s1. The number of hydrogen-bond acceptors (Lipinski definition) is 6. The molecule has 2 aromatic heterocycles. The van der Waals surface area contributed by atoms with E-state index in [2.05, 4.69) is 15.4 Å². The van der Waals surface area contributed by atoms with Gasteiger partial charge in [-0.1, -0.05) is 29.3 Å². The Hall–Kier alpha value is -1.60. The third-order valence-corrected chi connectivity index (χ3v) is 4.48. The topological polar surface area (TPSA) is 73.1 Å². The predicted molar refractivity (Wildman–Crippen MR) is 86.5 cm³/mol. The van der Waals surface area contributed by atoms with E-state index in [0.29, 0.717) is 21.7 Å². The van der Waals surface area contributed by atoms with Gasteiger partial charge in [-0.05, 0) is 25.1 Å². The highest BCUT2D eigenvalue weighted by molar-refractivity contribution is 7.18. The van der Waals surface area contributed by atoms with Crippen LogP contribution in [0.2, 0.25) is 10.0 Å². The van der Waals surface area contributed by atoms with Crippen molar-refractivity contribution < 1.29 is 4.74 Å². The molecule has 0 fully saturated rings. The van der Waals surface area contributed by atoms with E-state index in [0.717, 1.165) is 15.1 Å². The van der Waals surface area contributed by atoms with Gasteiger partial charge in [-0.25, -0.2) is 10.8 Å². The van der Waals surface area contributed by atoms with Gasteiger partial charge >= 0.3 is 0 Å². The monoisotopic (exact) mass is 340 g/mol. The molecule has 0 aliphatic heterocycles. The third-order valence-electron chi connectivity index (χ3n) is 2.73. The zero-order valence-electron chi connectivity index (χ0n) is 10.9. The van der Waals surface area contributed by atoms with E-state index < -0.39 is 0 Å². The molecule has 0 aliphatic carbocycles. The maximum atomic E-state index is 6.14. The van der Waals surface area contributed by atoms with Crippen LogP contribution in [0.3, 0.4) is 0 Å². The number of aryl methyl sites for hydroxylation is 1. The summed E-state index contributed by atoms with van der Waals surface area (Å²) in [4.78, 5) is 10.4. The fourth-order valence-corrected chi connectivity index (χ4v) is 3.03. The molecule has 0 spiro atoms. The molecule has 8 heteroatoms. The molecule has 108 valence electrons. The number of fused-ring (bicyclic) bond motifs is 1. The zero-order chi connectivity index (χ0) is 15.0. The predicted octanol–water partition coefficient (Wildman–Crippen LogP) is 4.38. The molecule has 0 saturated carbocycles. The van der Waals surface area contributed by atoms with Gasteiger partial charge in [-0.15, -0.1) is 11.3 Å². The van der Waals surface area contributed by atoms with Gasteiger partial charge in [0.15, 0.2) is 0 Å². The number of nitrogens with zero attached hydrogens (tertiary/aromatic N) is 2. The van der Waals surface area contributed by atoms with E-state index in [1.54, 1.807) is 18.2 Å². The van der Waals surface area contributed by atoms with Crippen molar-refractivity contribution in [1.82, 2.24) is 9.97 Å². The number of hydrogen-bond donors (Lipinski definition) is 2. The highest BCUT2D eigenvalue weighted by Crippen LogP contribution is 2.38. The standard InChI is InChI=1S/C13H10Cl2N4OS/c1-6-5-7-11(17-13(19-16)18-12(7)21-6)20-9-4-2-3-8(14)10(9)15/h2-5H,16H2,1H3,(H,17,18,19). The smallest absolute Gasteiger partial charge is 0.241 e. The van der Waals surface area contributed by atoms with E-state index >= 15 is 0 Å². The van der Waals surface area contributed by atoms with Crippen LogP contribution in [-0.2, 0) is 0 Å². The second-order valence-corrected chi connectivity index (χ2v) is 6.25. The number of thiophene rings is 1. The average Bonchev–Trinajstić information content (AvgIpc) is 2.84. The number of aromatic nitrogens is 2. The highest BCUT2D eigenvalue weighted by Gasteiger charge is 2.14. The van der Waals surface area contributed by atoms with Gasteiger partial charge < -0.3 is 4.74 Å².